The van der Waals surface area contributed by atoms with Crippen LogP contribution in [0.1, 0.15) is 107 Å². The average Bonchev–Trinajstić information content (AvgIpc) is 3.41. The Labute approximate surface area is 294 Å². The minimum Gasteiger partial charge on any atom is -0.497 e. The van der Waals surface area contributed by atoms with E-state index in [2.05, 4.69) is 93.6 Å². The van der Waals surface area contributed by atoms with Crippen LogP contribution in [-0.2, 0) is 27.4 Å². The van der Waals surface area contributed by atoms with Crippen molar-refractivity contribution >= 4 is 12.0 Å². The summed E-state index contributed by atoms with van der Waals surface area (Å²) in [5, 5.41) is 0. The molecule has 49 heavy (non-hydrogen) atoms. The van der Waals surface area contributed by atoms with E-state index in [1.165, 1.54) is 22.3 Å². The van der Waals surface area contributed by atoms with Crippen LogP contribution in [0.5, 0.6) is 5.75 Å². The van der Waals surface area contributed by atoms with Crippen molar-refractivity contribution in [2.75, 3.05) is 20.3 Å². The summed E-state index contributed by atoms with van der Waals surface area (Å²) in [6.07, 6.45) is 11.6. The van der Waals surface area contributed by atoms with Crippen LogP contribution in [-0.4, -0.2) is 36.9 Å². The Morgan fingerprint density at radius 3 is 2.16 bits per heavy atom. The summed E-state index contributed by atoms with van der Waals surface area (Å²) in [6, 6.07) is 27.4. The van der Waals surface area contributed by atoms with E-state index in [1.807, 2.05) is 17.0 Å². The second-order valence-electron chi connectivity index (χ2n) is 16.2. The maximum absolute atomic E-state index is 13.6. The lowest BCUT2D eigenvalue weighted by Gasteiger charge is -2.56. The highest BCUT2D eigenvalue weighted by atomic mass is 16.7. The van der Waals surface area contributed by atoms with Crippen molar-refractivity contribution < 1.29 is 19.0 Å². The summed E-state index contributed by atoms with van der Waals surface area (Å²) in [5.74, 6) is 2.24. The number of fused-ring (bicyclic) bond motifs is 6. The van der Waals surface area contributed by atoms with E-state index in [0.717, 1.165) is 70.3 Å². The smallest absolute Gasteiger partial charge is 0.223 e. The molecule has 1 amide bonds. The molecule has 3 aliphatic carbocycles. The van der Waals surface area contributed by atoms with Gasteiger partial charge in [-0.2, -0.15) is 0 Å². The Morgan fingerprint density at radius 2 is 1.51 bits per heavy atom. The summed E-state index contributed by atoms with van der Waals surface area (Å²) in [7, 11) is 1.76. The summed E-state index contributed by atoms with van der Waals surface area (Å²) < 4.78 is 19.2. The zero-order valence-electron chi connectivity index (χ0n) is 30.1. The van der Waals surface area contributed by atoms with Crippen LogP contribution in [0.4, 0.5) is 0 Å². The number of amides is 1. The molecule has 0 bridgehead atoms. The van der Waals surface area contributed by atoms with Gasteiger partial charge in [-0.1, -0.05) is 106 Å². The Hall–Kier alpha value is -3.41. The Bertz CT molecular complexity index is 1580. The van der Waals surface area contributed by atoms with Crippen LogP contribution in [0.15, 0.2) is 84.4 Å². The average molecular weight is 662 g/mol. The second-order valence-corrected chi connectivity index (χ2v) is 16.2. The highest BCUT2D eigenvalue weighted by Crippen LogP contribution is 2.67. The van der Waals surface area contributed by atoms with Crippen molar-refractivity contribution in [2.24, 2.45) is 22.7 Å². The fraction of sp³-hybridized carbons (Fsp3) is 0.523. The SMILES string of the molecule is COc1ccc2c(c1)C=C(CCCCCC(=O)N(Cc1ccccc1)Cc1ccccc1)[C@@H]1[C@@H]2CC[C@@]2(C)[C@H]1CCC21OCC(C)(C)CO1. The number of carbonyl (C=O) groups excluding carboxylic acids is 1. The third kappa shape index (κ3) is 6.86. The van der Waals surface area contributed by atoms with Crippen LogP contribution in [0, 0.1) is 22.7 Å². The fourth-order valence-electron chi connectivity index (χ4n) is 9.60. The van der Waals surface area contributed by atoms with E-state index in [9.17, 15) is 4.79 Å². The van der Waals surface area contributed by atoms with Gasteiger partial charge in [-0.05, 0) is 90.7 Å². The van der Waals surface area contributed by atoms with Gasteiger partial charge in [0.2, 0.25) is 5.91 Å². The lowest BCUT2D eigenvalue weighted by atomic mass is 9.54. The zero-order valence-corrected chi connectivity index (χ0v) is 30.1. The molecular weight excluding hydrogens is 606 g/mol. The molecule has 4 aliphatic rings. The minimum atomic E-state index is -0.463. The first-order valence-electron chi connectivity index (χ1n) is 18.7. The van der Waals surface area contributed by atoms with Gasteiger partial charge in [-0.25, -0.2) is 0 Å². The van der Waals surface area contributed by atoms with E-state index in [0.29, 0.717) is 37.3 Å². The van der Waals surface area contributed by atoms with E-state index in [4.69, 9.17) is 14.2 Å². The van der Waals surface area contributed by atoms with Crippen LogP contribution in [0.2, 0.25) is 0 Å². The van der Waals surface area contributed by atoms with Gasteiger partial charge in [-0.3, -0.25) is 4.79 Å². The molecule has 7 rings (SSSR count). The Morgan fingerprint density at radius 1 is 0.837 bits per heavy atom. The normalized spacial score (nSPS) is 26.3. The van der Waals surface area contributed by atoms with Gasteiger partial charge in [0, 0.05) is 36.8 Å². The molecule has 260 valence electrons. The first-order valence-corrected chi connectivity index (χ1v) is 18.7. The lowest BCUT2D eigenvalue weighted by molar-refractivity contribution is -0.344. The molecule has 0 N–H and O–H groups in total. The molecular formula is C44H55NO4. The predicted molar refractivity (Wildman–Crippen MR) is 196 cm³/mol. The van der Waals surface area contributed by atoms with Crippen LogP contribution >= 0.6 is 0 Å². The molecule has 0 aromatic heterocycles. The van der Waals surface area contributed by atoms with Crippen molar-refractivity contribution in [1.29, 1.82) is 0 Å². The van der Waals surface area contributed by atoms with Crippen molar-refractivity contribution in [3.63, 3.8) is 0 Å². The van der Waals surface area contributed by atoms with Gasteiger partial charge in [0.15, 0.2) is 5.79 Å². The lowest BCUT2D eigenvalue weighted by Crippen LogP contribution is -2.58. The molecule has 0 radical (unpaired) electrons. The molecule has 1 aliphatic heterocycles. The summed E-state index contributed by atoms with van der Waals surface area (Å²) in [6.45, 7) is 9.78. The Balaban J connectivity index is 1.04. The number of methoxy groups -OCH3 is 1. The molecule has 3 aromatic rings. The zero-order chi connectivity index (χ0) is 34.1. The largest absolute Gasteiger partial charge is 0.497 e. The summed E-state index contributed by atoms with van der Waals surface area (Å²) in [4.78, 5) is 15.7. The molecule has 2 saturated carbocycles. The van der Waals surface area contributed by atoms with E-state index >= 15 is 0 Å². The molecule has 1 heterocycles. The first-order chi connectivity index (χ1) is 23.7. The van der Waals surface area contributed by atoms with Gasteiger partial charge < -0.3 is 19.1 Å². The second kappa shape index (κ2) is 14.1. The van der Waals surface area contributed by atoms with Crippen LogP contribution in [0.25, 0.3) is 6.08 Å². The van der Waals surface area contributed by atoms with Crippen LogP contribution in [0.3, 0.4) is 0 Å². The number of allylic oxidation sites excluding steroid dienone is 1. The number of hydrogen-bond acceptors (Lipinski definition) is 4. The van der Waals surface area contributed by atoms with E-state index < -0.39 is 5.79 Å². The third-order valence-electron chi connectivity index (χ3n) is 12.3. The number of benzene rings is 3. The number of hydrogen-bond donors (Lipinski definition) is 0. The third-order valence-corrected chi connectivity index (χ3v) is 12.3. The fourth-order valence-corrected chi connectivity index (χ4v) is 9.60. The van der Waals surface area contributed by atoms with Crippen molar-refractivity contribution in [3.8, 4) is 5.75 Å². The van der Waals surface area contributed by atoms with Gasteiger partial charge in [0.05, 0.1) is 20.3 Å². The molecule has 5 heteroatoms. The number of ether oxygens (including phenoxy) is 3. The van der Waals surface area contributed by atoms with Crippen LogP contribution < -0.4 is 4.74 Å². The number of carbonyl (C=O) groups is 1. The van der Waals surface area contributed by atoms with E-state index in [1.54, 1.807) is 12.7 Å². The standard InChI is InChI=1S/C44H55NO4/c1-42(2)30-48-44(49-31-42)25-23-39-41-34(26-35-27-36(47-4)20-21-37(35)38(41)22-24-43(39,44)3)18-12-7-13-19-40(46)45(28-32-14-8-5-9-15-32)29-33-16-10-6-11-17-33/h5-6,8-11,14-17,20-21,26-27,38-39,41H,7,12-13,18-19,22-25,28-31H2,1-4H3/t38-,39+,41-,43+/m1/s1. The van der Waals surface area contributed by atoms with Gasteiger partial charge in [0.1, 0.15) is 5.75 Å². The number of unbranched alkanes of at least 4 members (excludes halogenated alkanes) is 2. The highest BCUT2D eigenvalue weighted by Gasteiger charge is 2.65. The van der Waals surface area contributed by atoms with Gasteiger partial charge >= 0.3 is 0 Å². The van der Waals surface area contributed by atoms with Crippen molar-refractivity contribution in [1.82, 2.24) is 4.90 Å². The number of nitrogens with zero attached hydrogens (tertiary/aromatic N) is 1. The molecule has 3 aromatic carbocycles. The molecule has 1 saturated heterocycles. The van der Waals surface area contributed by atoms with Crippen molar-refractivity contribution in [2.45, 2.75) is 103 Å². The Kier molecular flexibility index (Phi) is 9.78. The summed E-state index contributed by atoms with van der Waals surface area (Å²) in [5.41, 5.74) is 6.79. The first kappa shape index (κ1) is 34.1. The monoisotopic (exact) mass is 661 g/mol. The molecule has 5 nitrogen and oxygen atoms in total. The maximum atomic E-state index is 13.6. The molecule has 4 atom stereocenters. The maximum Gasteiger partial charge on any atom is 0.223 e. The quantitative estimate of drug-likeness (QED) is 0.192. The predicted octanol–water partition coefficient (Wildman–Crippen LogP) is 9.95. The van der Waals surface area contributed by atoms with Gasteiger partial charge in [0.25, 0.3) is 0 Å². The number of rotatable bonds is 11. The topological polar surface area (TPSA) is 48.0 Å². The van der Waals surface area contributed by atoms with E-state index in [-0.39, 0.29) is 16.7 Å². The molecule has 0 unspecified atom stereocenters. The van der Waals surface area contributed by atoms with Gasteiger partial charge in [-0.15, -0.1) is 0 Å². The molecule has 3 fully saturated rings. The van der Waals surface area contributed by atoms with Crippen molar-refractivity contribution in [3.05, 3.63) is 107 Å². The molecule has 1 spiro atoms. The minimum absolute atomic E-state index is 0.00111. The summed E-state index contributed by atoms with van der Waals surface area (Å²) >= 11 is 0. The highest BCUT2D eigenvalue weighted by molar-refractivity contribution is 5.76.